The van der Waals surface area contributed by atoms with Gasteiger partial charge in [0.15, 0.2) is 0 Å². The Morgan fingerprint density at radius 1 is 1.21 bits per heavy atom. The molecule has 0 aromatic heterocycles. The number of aliphatic carboxylic acids is 1. The molecule has 2 rings (SSSR count). The van der Waals surface area contributed by atoms with E-state index in [1.54, 1.807) is 4.90 Å². The monoisotopic (exact) mass is 389 g/mol. The molecule has 3 N–H and O–H groups in total. The number of nitrogens with one attached hydrogen (secondary N) is 2. The van der Waals surface area contributed by atoms with Gasteiger partial charge >= 0.3 is 12.0 Å². The van der Waals surface area contributed by atoms with E-state index in [2.05, 4.69) is 10.6 Å². The van der Waals surface area contributed by atoms with Crippen molar-refractivity contribution < 1.29 is 19.5 Å². The van der Waals surface area contributed by atoms with Crippen molar-refractivity contribution in [3.63, 3.8) is 0 Å². The molecule has 0 bridgehead atoms. The second-order valence-corrected chi connectivity index (χ2v) is 7.89. The fourth-order valence-electron chi connectivity index (χ4n) is 3.38. The molecular weight excluding hydrogens is 358 g/mol. The summed E-state index contributed by atoms with van der Waals surface area (Å²) in [5.74, 6) is -0.897. The Morgan fingerprint density at radius 3 is 2.57 bits per heavy atom. The minimum atomic E-state index is -1.05. The van der Waals surface area contributed by atoms with Gasteiger partial charge in [-0.2, -0.15) is 0 Å². The van der Waals surface area contributed by atoms with Crippen LogP contribution in [-0.2, 0) is 16.0 Å². The van der Waals surface area contributed by atoms with E-state index in [9.17, 15) is 19.5 Å². The van der Waals surface area contributed by atoms with Crippen molar-refractivity contribution in [2.24, 2.45) is 11.8 Å². The van der Waals surface area contributed by atoms with E-state index in [1.807, 2.05) is 44.2 Å². The molecule has 3 amide bonds. The Morgan fingerprint density at radius 2 is 1.93 bits per heavy atom. The Kier molecular flexibility index (Phi) is 8.29. The molecule has 1 fully saturated rings. The van der Waals surface area contributed by atoms with Crippen molar-refractivity contribution >= 4 is 17.9 Å². The van der Waals surface area contributed by atoms with Crippen molar-refractivity contribution in [2.45, 2.75) is 45.6 Å². The van der Waals surface area contributed by atoms with Crippen LogP contribution in [0, 0.1) is 11.8 Å². The number of rotatable bonds is 8. The first-order chi connectivity index (χ1) is 13.3. The van der Waals surface area contributed by atoms with Gasteiger partial charge in [-0.25, -0.2) is 9.59 Å². The maximum Gasteiger partial charge on any atom is 0.326 e. The number of hydrogen-bond acceptors (Lipinski definition) is 3. The summed E-state index contributed by atoms with van der Waals surface area (Å²) in [6.07, 6.45) is 2.18. The van der Waals surface area contributed by atoms with Crippen molar-refractivity contribution in [3.05, 3.63) is 35.9 Å². The number of carbonyl (C=O) groups excluding carboxylic acids is 2. The number of carboxylic acid groups (broad SMARTS) is 1. The highest BCUT2D eigenvalue weighted by atomic mass is 16.4. The van der Waals surface area contributed by atoms with Crippen LogP contribution in [0.5, 0.6) is 0 Å². The zero-order chi connectivity index (χ0) is 20.5. The highest BCUT2D eigenvalue weighted by molar-refractivity contribution is 5.84. The highest BCUT2D eigenvalue weighted by Crippen LogP contribution is 2.20. The van der Waals surface area contributed by atoms with Gasteiger partial charge in [0.2, 0.25) is 5.91 Å². The van der Waals surface area contributed by atoms with Crippen LogP contribution in [0.4, 0.5) is 4.79 Å². The standard InChI is InChI=1S/C21H31N3O4/c1-15(2)13-22-21(28)24-10-6-9-17(14-24)12-19(25)23-18(20(26)27)11-16-7-4-3-5-8-16/h3-5,7-8,15,17-18H,6,9-14H2,1-2H3,(H,22,28)(H,23,25)(H,26,27)/t17?,18-/m0/s1. The van der Waals surface area contributed by atoms with Crippen LogP contribution in [0.3, 0.4) is 0 Å². The summed E-state index contributed by atoms with van der Waals surface area (Å²) in [5.41, 5.74) is 0.862. The van der Waals surface area contributed by atoms with Gasteiger partial charge in [-0.1, -0.05) is 44.2 Å². The summed E-state index contributed by atoms with van der Waals surface area (Å²) in [7, 11) is 0. The van der Waals surface area contributed by atoms with E-state index >= 15 is 0 Å². The van der Waals surface area contributed by atoms with E-state index in [4.69, 9.17) is 0 Å². The van der Waals surface area contributed by atoms with Crippen LogP contribution in [0.2, 0.25) is 0 Å². The number of hydrogen-bond donors (Lipinski definition) is 3. The van der Waals surface area contributed by atoms with Gasteiger partial charge in [0, 0.05) is 32.5 Å². The van der Waals surface area contributed by atoms with Gasteiger partial charge in [-0.05, 0) is 30.2 Å². The zero-order valence-electron chi connectivity index (χ0n) is 16.7. The van der Waals surface area contributed by atoms with Crippen molar-refractivity contribution in [2.75, 3.05) is 19.6 Å². The van der Waals surface area contributed by atoms with Gasteiger partial charge in [0.25, 0.3) is 0 Å². The lowest BCUT2D eigenvalue weighted by atomic mass is 9.94. The summed E-state index contributed by atoms with van der Waals surface area (Å²) in [5, 5.41) is 15.0. The molecule has 0 spiro atoms. The molecule has 28 heavy (non-hydrogen) atoms. The lowest BCUT2D eigenvalue weighted by molar-refractivity contribution is -0.142. The molecule has 2 atom stereocenters. The molecule has 1 saturated heterocycles. The molecule has 0 saturated carbocycles. The average Bonchev–Trinajstić information content (AvgIpc) is 2.66. The van der Waals surface area contributed by atoms with Crippen molar-refractivity contribution in [3.8, 4) is 0 Å². The zero-order valence-corrected chi connectivity index (χ0v) is 16.7. The SMILES string of the molecule is CC(C)CNC(=O)N1CCCC(CC(=O)N[C@@H](Cc2ccccc2)C(=O)O)C1. The number of carboxylic acids is 1. The van der Waals surface area contributed by atoms with Gasteiger partial charge in [0.05, 0.1) is 0 Å². The number of benzene rings is 1. The van der Waals surface area contributed by atoms with E-state index in [0.29, 0.717) is 25.6 Å². The second kappa shape index (κ2) is 10.7. The topological polar surface area (TPSA) is 98.7 Å². The minimum absolute atomic E-state index is 0.0460. The summed E-state index contributed by atoms with van der Waals surface area (Å²) >= 11 is 0. The largest absolute Gasteiger partial charge is 0.480 e. The maximum absolute atomic E-state index is 12.4. The van der Waals surface area contributed by atoms with Crippen LogP contribution in [0.25, 0.3) is 0 Å². The summed E-state index contributed by atoms with van der Waals surface area (Å²) in [4.78, 5) is 37.9. The number of amides is 3. The van der Waals surface area contributed by atoms with Gasteiger partial charge in [0.1, 0.15) is 6.04 Å². The molecule has 0 aliphatic carbocycles. The summed E-state index contributed by atoms with van der Waals surface area (Å²) < 4.78 is 0. The Hall–Kier alpha value is -2.57. The fraction of sp³-hybridized carbons (Fsp3) is 0.571. The van der Waals surface area contributed by atoms with Crippen molar-refractivity contribution in [1.29, 1.82) is 0 Å². The lowest BCUT2D eigenvalue weighted by Gasteiger charge is -2.33. The number of carbonyl (C=O) groups is 3. The first-order valence-electron chi connectivity index (χ1n) is 9.94. The Balaban J connectivity index is 1.84. The van der Waals surface area contributed by atoms with Crippen LogP contribution in [0.1, 0.15) is 38.7 Å². The second-order valence-electron chi connectivity index (χ2n) is 7.89. The highest BCUT2D eigenvalue weighted by Gasteiger charge is 2.27. The third-order valence-corrected chi connectivity index (χ3v) is 4.86. The van der Waals surface area contributed by atoms with E-state index in [1.165, 1.54) is 0 Å². The molecule has 1 aromatic rings. The average molecular weight is 389 g/mol. The van der Waals surface area contributed by atoms with E-state index in [-0.39, 0.29) is 30.7 Å². The van der Waals surface area contributed by atoms with E-state index in [0.717, 1.165) is 18.4 Å². The minimum Gasteiger partial charge on any atom is -0.480 e. The van der Waals surface area contributed by atoms with Crippen LogP contribution in [0.15, 0.2) is 30.3 Å². The van der Waals surface area contributed by atoms with Crippen molar-refractivity contribution in [1.82, 2.24) is 15.5 Å². The predicted molar refractivity (Wildman–Crippen MR) is 107 cm³/mol. The first kappa shape index (κ1) is 21.7. The maximum atomic E-state index is 12.4. The fourth-order valence-corrected chi connectivity index (χ4v) is 3.38. The molecule has 154 valence electrons. The van der Waals surface area contributed by atoms with Gasteiger partial charge in [-0.3, -0.25) is 4.79 Å². The molecule has 0 radical (unpaired) electrons. The number of nitrogens with zero attached hydrogens (tertiary/aromatic N) is 1. The summed E-state index contributed by atoms with van der Waals surface area (Å²) in [6, 6.07) is 8.20. The van der Waals surface area contributed by atoms with Crippen LogP contribution in [-0.4, -0.2) is 53.6 Å². The third kappa shape index (κ3) is 7.21. The molecule has 7 nitrogen and oxygen atoms in total. The van der Waals surface area contributed by atoms with E-state index < -0.39 is 12.0 Å². The molecular formula is C21H31N3O4. The smallest absolute Gasteiger partial charge is 0.326 e. The van der Waals surface area contributed by atoms with Crippen LogP contribution < -0.4 is 10.6 Å². The number of urea groups is 1. The normalized spacial score (nSPS) is 17.8. The van der Waals surface area contributed by atoms with Gasteiger partial charge in [-0.15, -0.1) is 0 Å². The molecule has 1 aliphatic rings. The summed E-state index contributed by atoms with van der Waals surface area (Å²) in [6.45, 7) is 5.91. The lowest BCUT2D eigenvalue weighted by Crippen LogP contribution is -2.48. The van der Waals surface area contributed by atoms with Gasteiger partial charge < -0.3 is 20.6 Å². The Bertz CT molecular complexity index is 663. The molecule has 7 heteroatoms. The van der Waals surface area contributed by atoms with Crippen LogP contribution >= 0.6 is 0 Å². The molecule has 1 heterocycles. The molecule has 1 unspecified atom stereocenters. The third-order valence-electron chi connectivity index (χ3n) is 4.86. The Labute approximate surface area is 166 Å². The number of piperidine rings is 1. The molecule has 1 aliphatic heterocycles. The first-order valence-corrected chi connectivity index (χ1v) is 9.94. The number of likely N-dealkylation sites (tertiary alicyclic amines) is 1. The molecule has 1 aromatic carbocycles. The quantitative estimate of drug-likeness (QED) is 0.635. The predicted octanol–water partition coefficient (Wildman–Crippen LogP) is 2.27.